The van der Waals surface area contributed by atoms with Crippen molar-refractivity contribution in [2.45, 2.75) is 38.8 Å². The van der Waals surface area contributed by atoms with E-state index >= 15 is 0 Å². The lowest BCUT2D eigenvalue weighted by Gasteiger charge is -2.58. The molecule has 2 heterocycles. The van der Waals surface area contributed by atoms with Gasteiger partial charge in [0.15, 0.2) is 0 Å². The molecule has 5 heteroatoms. The van der Waals surface area contributed by atoms with Gasteiger partial charge in [0, 0.05) is 30.9 Å². The number of hydrogen-bond donors (Lipinski definition) is 1. The van der Waals surface area contributed by atoms with Crippen LogP contribution in [0.3, 0.4) is 0 Å². The molecule has 2 amide bonds. The third kappa shape index (κ3) is 3.27. The zero-order valence-corrected chi connectivity index (χ0v) is 14.9. The Morgan fingerprint density at radius 1 is 1.32 bits per heavy atom. The third-order valence-corrected chi connectivity index (χ3v) is 5.00. The average molecular weight is 340 g/mol. The van der Waals surface area contributed by atoms with Gasteiger partial charge in [-0.25, -0.2) is 0 Å². The van der Waals surface area contributed by atoms with Gasteiger partial charge < -0.3 is 14.9 Å². The quantitative estimate of drug-likeness (QED) is 0.824. The second-order valence-electron chi connectivity index (χ2n) is 7.09. The number of rotatable bonds is 2. The molecular formula is C20H24N2O3. The minimum atomic E-state index is -0.209. The summed E-state index contributed by atoms with van der Waals surface area (Å²) >= 11 is 0. The van der Waals surface area contributed by atoms with Gasteiger partial charge in [-0.15, -0.1) is 0 Å². The topological polar surface area (TPSA) is 60.9 Å². The molecule has 2 fully saturated rings. The molecule has 1 aromatic rings. The maximum Gasteiger partial charge on any atom is 0.242 e. The molecular weight excluding hydrogens is 316 g/mol. The molecule has 2 saturated heterocycles. The number of aliphatic hydroxyl groups excluding tert-OH is 1. The normalized spacial score (nSPS) is 25.2. The minimum absolute atomic E-state index is 0.0446. The molecule has 1 aromatic carbocycles. The Labute approximate surface area is 148 Å². The first-order chi connectivity index (χ1) is 11.9. The van der Waals surface area contributed by atoms with E-state index in [1.54, 1.807) is 9.80 Å². The van der Waals surface area contributed by atoms with Crippen molar-refractivity contribution in [1.82, 2.24) is 9.80 Å². The van der Waals surface area contributed by atoms with Crippen molar-refractivity contribution >= 4 is 11.8 Å². The summed E-state index contributed by atoms with van der Waals surface area (Å²) in [7, 11) is 0. The molecule has 3 atom stereocenters. The first-order valence-corrected chi connectivity index (χ1v) is 8.71. The van der Waals surface area contributed by atoms with Crippen molar-refractivity contribution in [2.75, 3.05) is 19.7 Å². The summed E-state index contributed by atoms with van der Waals surface area (Å²) in [5, 5.41) is 9.75. The van der Waals surface area contributed by atoms with Crippen molar-refractivity contribution in [1.29, 1.82) is 0 Å². The van der Waals surface area contributed by atoms with Crippen molar-refractivity contribution in [3.05, 3.63) is 35.4 Å². The molecule has 0 saturated carbocycles. The van der Waals surface area contributed by atoms with Crippen LogP contribution in [0.4, 0.5) is 0 Å². The first kappa shape index (κ1) is 17.5. The Kier molecular flexibility index (Phi) is 4.82. The lowest BCUT2D eigenvalue weighted by molar-refractivity contribution is -0.166. The molecule has 2 aliphatic rings. The van der Waals surface area contributed by atoms with Gasteiger partial charge in [-0.05, 0) is 17.7 Å². The van der Waals surface area contributed by atoms with Gasteiger partial charge in [-0.2, -0.15) is 0 Å². The van der Waals surface area contributed by atoms with Crippen molar-refractivity contribution in [2.24, 2.45) is 5.92 Å². The molecule has 0 spiro atoms. The number of amides is 2. The molecule has 0 unspecified atom stereocenters. The van der Waals surface area contributed by atoms with Crippen LogP contribution in [-0.4, -0.2) is 58.5 Å². The number of hydrogen-bond acceptors (Lipinski definition) is 3. The molecule has 0 aliphatic carbocycles. The molecule has 0 bridgehead atoms. The monoisotopic (exact) mass is 340 g/mol. The first-order valence-electron chi connectivity index (χ1n) is 8.71. The van der Waals surface area contributed by atoms with Gasteiger partial charge in [0.2, 0.25) is 11.8 Å². The second-order valence-corrected chi connectivity index (χ2v) is 7.09. The lowest BCUT2D eigenvalue weighted by Crippen LogP contribution is -2.73. The maximum atomic E-state index is 12.3. The van der Waals surface area contributed by atoms with Crippen LogP contribution in [0.5, 0.6) is 0 Å². The Balaban J connectivity index is 1.82. The van der Waals surface area contributed by atoms with E-state index in [0.29, 0.717) is 12.5 Å². The van der Waals surface area contributed by atoms with E-state index in [1.165, 1.54) is 6.92 Å². The zero-order chi connectivity index (χ0) is 18.1. The Bertz CT molecular complexity index is 730. The van der Waals surface area contributed by atoms with E-state index in [9.17, 15) is 14.7 Å². The van der Waals surface area contributed by atoms with Crippen LogP contribution in [0.2, 0.25) is 0 Å². The van der Waals surface area contributed by atoms with E-state index in [-0.39, 0.29) is 43.0 Å². The minimum Gasteiger partial charge on any atom is -0.394 e. The van der Waals surface area contributed by atoms with Crippen LogP contribution in [0.1, 0.15) is 37.8 Å². The van der Waals surface area contributed by atoms with Crippen molar-refractivity contribution in [3.63, 3.8) is 0 Å². The predicted molar refractivity (Wildman–Crippen MR) is 94.7 cm³/mol. The highest BCUT2D eigenvalue weighted by atomic mass is 16.3. The van der Waals surface area contributed by atoms with Gasteiger partial charge in [0.25, 0.3) is 0 Å². The van der Waals surface area contributed by atoms with Crippen LogP contribution in [0, 0.1) is 17.8 Å². The van der Waals surface area contributed by atoms with Gasteiger partial charge >= 0.3 is 0 Å². The number of benzene rings is 1. The number of fused-ring (bicyclic) bond motifs is 1. The average Bonchev–Trinajstić information content (AvgIpc) is 2.55. The van der Waals surface area contributed by atoms with Gasteiger partial charge in [-0.1, -0.05) is 37.8 Å². The molecule has 132 valence electrons. The smallest absolute Gasteiger partial charge is 0.242 e. The molecule has 25 heavy (non-hydrogen) atoms. The van der Waals surface area contributed by atoms with Gasteiger partial charge in [0.1, 0.15) is 0 Å². The Hall–Kier alpha value is -2.32. The van der Waals surface area contributed by atoms with Crippen LogP contribution < -0.4 is 0 Å². The summed E-state index contributed by atoms with van der Waals surface area (Å²) in [6, 6.07) is 7.73. The highest BCUT2D eigenvalue weighted by molar-refractivity contribution is 5.87. The van der Waals surface area contributed by atoms with E-state index < -0.39 is 0 Å². The molecule has 5 nitrogen and oxygen atoms in total. The van der Waals surface area contributed by atoms with Gasteiger partial charge in [-0.3, -0.25) is 9.59 Å². The fraction of sp³-hybridized carbons (Fsp3) is 0.500. The number of carbonyl (C=O) groups excluding carboxylic acids is 2. The van der Waals surface area contributed by atoms with Crippen molar-refractivity contribution in [3.8, 4) is 11.8 Å². The molecule has 0 radical (unpaired) electrons. The van der Waals surface area contributed by atoms with Crippen LogP contribution in [-0.2, 0) is 9.59 Å². The molecule has 1 N–H and O–H groups in total. The number of nitrogens with zero attached hydrogens (tertiary/aromatic N) is 2. The third-order valence-electron chi connectivity index (χ3n) is 5.00. The van der Waals surface area contributed by atoms with Crippen molar-refractivity contribution < 1.29 is 14.7 Å². The largest absolute Gasteiger partial charge is 0.394 e. The van der Waals surface area contributed by atoms with E-state index in [4.69, 9.17) is 0 Å². The number of piperazine rings is 1. The predicted octanol–water partition coefficient (Wildman–Crippen LogP) is 1.21. The fourth-order valence-electron chi connectivity index (χ4n) is 3.76. The highest BCUT2D eigenvalue weighted by Gasteiger charge is 2.54. The molecule has 2 aliphatic heterocycles. The zero-order valence-electron chi connectivity index (χ0n) is 14.9. The summed E-state index contributed by atoms with van der Waals surface area (Å²) in [6.45, 7) is 6.16. The summed E-state index contributed by atoms with van der Waals surface area (Å²) < 4.78 is 0. The van der Waals surface area contributed by atoms with Gasteiger partial charge in [0.05, 0.1) is 25.2 Å². The van der Waals surface area contributed by atoms with E-state index in [0.717, 1.165) is 11.1 Å². The fourth-order valence-corrected chi connectivity index (χ4v) is 3.76. The SMILES string of the molecule is CC(=O)N1CC(=O)N2[C@H](CO)[C@@H](c3ccc(C#CC(C)C)cc3)[C@H]2C1. The number of aliphatic hydroxyl groups is 1. The van der Waals surface area contributed by atoms with Crippen LogP contribution in [0.25, 0.3) is 0 Å². The Morgan fingerprint density at radius 3 is 2.56 bits per heavy atom. The Morgan fingerprint density at radius 2 is 2.00 bits per heavy atom. The summed E-state index contributed by atoms with van der Waals surface area (Å²) in [4.78, 5) is 27.3. The molecule has 3 rings (SSSR count). The molecule has 0 aromatic heterocycles. The van der Waals surface area contributed by atoms with Crippen LogP contribution in [0.15, 0.2) is 24.3 Å². The number of carbonyl (C=O) groups is 2. The summed E-state index contributed by atoms with van der Waals surface area (Å²) in [5.41, 5.74) is 2.04. The lowest BCUT2D eigenvalue weighted by atomic mass is 9.73. The summed E-state index contributed by atoms with van der Waals surface area (Å²) in [5.74, 6) is 6.48. The standard InChI is InChI=1S/C20H24N2O3/c1-13(2)4-5-15-6-8-16(9-7-15)20-17-10-21(14(3)24)11-19(25)22(17)18(20)12-23/h6-9,13,17-18,20,23H,10-12H2,1-3H3/t17-,18-,20+/m1/s1. The van der Waals surface area contributed by atoms with Crippen LogP contribution >= 0.6 is 0 Å². The van der Waals surface area contributed by atoms with E-state index in [1.807, 2.05) is 24.3 Å². The highest BCUT2D eigenvalue weighted by Crippen LogP contribution is 2.42. The van der Waals surface area contributed by atoms with E-state index in [2.05, 4.69) is 25.7 Å². The summed E-state index contributed by atoms with van der Waals surface area (Å²) in [6.07, 6.45) is 0. The maximum absolute atomic E-state index is 12.3. The second kappa shape index (κ2) is 6.89.